The normalized spacial score (nSPS) is 22.4. The minimum atomic E-state index is -0.0871. The zero-order chi connectivity index (χ0) is 15.1. The number of benzene rings is 1. The molecule has 1 aliphatic heterocycles. The minimum Gasteiger partial charge on any atom is -0.378 e. The van der Waals surface area contributed by atoms with Crippen LogP contribution in [-0.4, -0.2) is 56.3 Å². The third-order valence-electron chi connectivity index (χ3n) is 3.78. The van der Waals surface area contributed by atoms with E-state index >= 15 is 0 Å². The number of nitrogens with zero attached hydrogens (tertiary/aromatic N) is 1. The number of rotatable bonds is 7. The van der Waals surface area contributed by atoms with E-state index < -0.39 is 0 Å². The summed E-state index contributed by atoms with van der Waals surface area (Å²) in [6.45, 7) is 5.31. The van der Waals surface area contributed by atoms with E-state index in [1.807, 2.05) is 30.3 Å². The molecule has 0 aromatic heterocycles. The average Bonchev–Trinajstić information content (AvgIpc) is 2.90. The van der Waals surface area contributed by atoms with Gasteiger partial charge in [0, 0.05) is 20.2 Å². The molecule has 0 radical (unpaired) electrons. The molecule has 2 rings (SSSR count). The third kappa shape index (κ3) is 4.81. The van der Waals surface area contributed by atoms with E-state index in [0.29, 0.717) is 6.61 Å². The van der Waals surface area contributed by atoms with Crippen LogP contribution in [0.3, 0.4) is 0 Å². The summed E-state index contributed by atoms with van der Waals surface area (Å²) in [5.74, 6) is -0.0871. The fourth-order valence-corrected chi connectivity index (χ4v) is 2.57. The van der Waals surface area contributed by atoms with E-state index in [1.54, 1.807) is 7.11 Å². The fourth-order valence-electron chi connectivity index (χ4n) is 2.57. The van der Waals surface area contributed by atoms with Crippen molar-refractivity contribution in [1.82, 2.24) is 10.2 Å². The Morgan fingerprint density at radius 1 is 1.33 bits per heavy atom. The lowest BCUT2D eigenvalue weighted by molar-refractivity contribution is -0.127. The van der Waals surface area contributed by atoms with E-state index in [4.69, 9.17) is 9.47 Å². The molecule has 1 aliphatic rings. The van der Waals surface area contributed by atoms with E-state index in [2.05, 4.69) is 17.1 Å². The van der Waals surface area contributed by atoms with Gasteiger partial charge in [-0.05, 0) is 12.1 Å². The van der Waals surface area contributed by atoms with E-state index in [1.165, 1.54) is 0 Å². The van der Waals surface area contributed by atoms with Crippen LogP contribution in [0.25, 0.3) is 0 Å². The molecule has 1 heterocycles. The maximum absolute atomic E-state index is 11.9. The lowest BCUT2D eigenvalue weighted by atomic mass is 10.2. The summed E-state index contributed by atoms with van der Waals surface area (Å²) < 4.78 is 10.9. The zero-order valence-electron chi connectivity index (χ0n) is 12.7. The second-order valence-corrected chi connectivity index (χ2v) is 5.28. The number of hydrogen-bond donors (Lipinski definition) is 1. The van der Waals surface area contributed by atoms with Crippen LogP contribution in [0.2, 0.25) is 0 Å². The van der Waals surface area contributed by atoms with Crippen molar-refractivity contribution >= 4 is 5.91 Å². The molecule has 1 aromatic rings. The molecule has 1 amide bonds. The molecule has 0 saturated carbocycles. The maximum atomic E-state index is 11.9. The van der Waals surface area contributed by atoms with Crippen LogP contribution in [0.1, 0.15) is 12.5 Å². The van der Waals surface area contributed by atoms with Crippen LogP contribution in [0.5, 0.6) is 0 Å². The van der Waals surface area contributed by atoms with E-state index in [0.717, 1.165) is 25.2 Å². The first-order chi connectivity index (χ1) is 10.2. The second kappa shape index (κ2) is 8.12. The SMILES string of the molecule is CCN1C[C@H](NC(=O)COCc2ccccc2)[C@@H](OC)C1. The van der Waals surface area contributed by atoms with Gasteiger partial charge in [0.25, 0.3) is 0 Å². The van der Waals surface area contributed by atoms with E-state index in [-0.39, 0.29) is 24.7 Å². The summed E-state index contributed by atoms with van der Waals surface area (Å²) in [5.41, 5.74) is 1.07. The van der Waals surface area contributed by atoms with Gasteiger partial charge < -0.3 is 14.8 Å². The average molecular weight is 292 g/mol. The van der Waals surface area contributed by atoms with Gasteiger partial charge in [-0.1, -0.05) is 37.3 Å². The van der Waals surface area contributed by atoms with Gasteiger partial charge >= 0.3 is 0 Å². The first-order valence-corrected chi connectivity index (χ1v) is 7.39. The molecule has 5 heteroatoms. The zero-order valence-corrected chi connectivity index (χ0v) is 12.7. The van der Waals surface area contributed by atoms with Crippen molar-refractivity contribution < 1.29 is 14.3 Å². The Balaban J connectivity index is 1.71. The maximum Gasteiger partial charge on any atom is 0.246 e. The Kier molecular flexibility index (Phi) is 6.17. The van der Waals surface area contributed by atoms with Gasteiger partial charge in [-0.3, -0.25) is 9.69 Å². The smallest absolute Gasteiger partial charge is 0.246 e. The van der Waals surface area contributed by atoms with Crippen molar-refractivity contribution in [2.45, 2.75) is 25.7 Å². The monoisotopic (exact) mass is 292 g/mol. The molecule has 0 bridgehead atoms. The number of ether oxygens (including phenoxy) is 2. The molecule has 1 saturated heterocycles. The molecular weight excluding hydrogens is 268 g/mol. The number of methoxy groups -OCH3 is 1. The summed E-state index contributed by atoms with van der Waals surface area (Å²) >= 11 is 0. The lowest BCUT2D eigenvalue weighted by Gasteiger charge is -2.18. The highest BCUT2D eigenvalue weighted by Crippen LogP contribution is 2.12. The van der Waals surface area contributed by atoms with Crippen molar-refractivity contribution in [1.29, 1.82) is 0 Å². The Bertz CT molecular complexity index is 438. The van der Waals surface area contributed by atoms with E-state index in [9.17, 15) is 4.79 Å². The molecule has 0 aliphatic carbocycles. The Labute approximate surface area is 126 Å². The van der Waals surface area contributed by atoms with Gasteiger partial charge in [-0.2, -0.15) is 0 Å². The van der Waals surface area contributed by atoms with Crippen LogP contribution in [0.4, 0.5) is 0 Å². The highest BCUT2D eigenvalue weighted by atomic mass is 16.5. The second-order valence-electron chi connectivity index (χ2n) is 5.28. The standard InChI is InChI=1S/C16H24N2O3/c1-3-18-9-14(15(10-18)20-2)17-16(19)12-21-11-13-7-5-4-6-8-13/h4-8,14-15H,3,9-12H2,1-2H3,(H,17,19)/t14-,15-/m0/s1. The number of nitrogens with one attached hydrogen (secondary N) is 1. The Hall–Kier alpha value is -1.43. The molecular formula is C16H24N2O3. The lowest BCUT2D eigenvalue weighted by Crippen LogP contribution is -2.45. The molecule has 1 fully saturated rings. The molecule has 0 spiro atoms. The predicted molar refractivity (Wildman–Crippen MR) is 80.9 cm³/mol. The highest BCUT2D eigenvalue weighted by molar-refractivity contribution is 5.77. The summed E-state index contributed by atoms with van der Waals surface area (Å²) in [6, 6.07) is 9.88. The number of likely N-dealkylation sites (N-methyl/N-ethyl adjacent to an activating group) is 1. The number of likely N-dealkylation sites (tertiary alicyclic amines) is 1. The third-order valence-corrected chi connectivity index (χ3v) is 3.78. The van der Waals surface area contributed by atoms with Gasteiger partial charge in [0.15, 0.2) is 0 Å². The summed E-state index contributed by atoms with van der Waals surface area (Å²) in [7, 11) is 1.69. The van der Waals surface area contributed by atoms with Crippen LogP contribution >= 0.6 is 0 Å². The molecule has 1 aromatic carbocycles. The van der Waals surface area contributed by atoms with Gasteiger partial charge in [0.05, 0.1) is 18.8 Å². The van der Waals surface area contributed by atoms with Gasteiger partial charge in [-0.15, -0.1) is 0 Å². The predicted octanol–water partition coefficient (Wildman–Crippen LogP) is 1.04. The van der Waals surface area contributed by atoms with Gasteiger partial charge in [-0.25, -0.2) is 0 Å². The van der Waals surface area contributed by atoms with Crippen molar-refractivity contribution in [3.05, 3.63) is 35.9 Å². The number of hydrogen-bond acceptors (Lipinski definition) is 4. The number of carbonyl (C=O) groups excluding carboxylic acids is 1. The Morgan fingerprint density at radius 3 is 2.76 bits per heavy atom. The van der Waals surface area contributed by atoms with Crippen molar-refractivity contribution in [2.75, 3.05) is 33.4 Å². The van der Waals surface area contributed by atoms with Crippen molar-refractivity contribution in [3.8, 4) is 0 Å². The molecule has 116 valence electrons. The first-order valence-electron chi connectivity index (χ1n) is 7.39. The summed E-state index contributed by atoms with van der Waals surface area (Å²) in [4.78, 5) is 14.2. The summed E-state index contributed by atoms with van der Waals surface area (Å²) in [6.07, 6.45) is 0.0584. The van der Waals surface area contributed by atoms with Crippen molar-refractivity contribution in [2.24, 2.45) is 0 Å². The fraction of sp³-hybridized carbons (Fsp3) is 0.562. The molecule has 21 heavy (non-hydrogen) atoms. The summed E-state index contributed by atoms with van der Waals surface area (Å²) in [5, 5.41) is 3.00. The van der Waals surface area contributed by atoms with Crippen LogP contribution < -0.4 is 5.32 Å². The van der Waals surface area contributed by atoms with Gasteiger partial charge in [0.2, 0.25) is 5.91 Å². The molecule has 1 N–H and O–H groups in total. The Morgan fingerprint density at radius 2 is 2.10 bits per heavy atom. The topological polar surface area (TPSA) is 50.8 Å². The van der Waals surface area contributed by atoms with Crippen LogP contribution in [0.15, 0.2) is 30.3 Å². The van der Waals surface area contributed by atoms with Gasteiger partial charge in [0.1, 0.15) is 6.61 Å². The van der Waals surface area contributed by atoms with Crippen LogP contribution in [0, 0.1) is 0 Å². The molecule has 0 unspecified atom stereocenters. The molecule has 2 atom stereocenters. The largest absolute Gasteiger partial charge is 0.378 e. The molecule has 5 nitrogen and oxygen atoms in total. The number of carbonyl (C=O) groups is 1. The number of amides is 1. The minimum absolute atomic E-state index is 0.0442. The van der Waals surface area contributed by atoms with Crippen molar-refractivity contribution in [3.63, 3.8) is 0 Å². The first kappa shape index (κ1) is 15.9. The quantitative estimate of drug-likeness (QED) is 0.816. The van der Waals surface area contributed by atoms with Crippen LogP contribution in [-0.2, 0) is 20.9 Å². The highest BCUT2D eigenvalue weighted by Gasteiger charge is 2.32.